The second-order valence-corrected chi connectivity index (χ2v) is 23.2. The molecule has 0 saturated heterocycles. The molecule has 4 atom stereocenters. The molecule has 14 heteroatoms. The van der Waals surface area contributed by atoms with Gasteiger partial charge < -0.3 is 19.6 Å². The highest BCUT2D eigenvalue weighted by molar-refractivity contribution is 5.99. The SMILES string of the molecule is CCC(C(=O)O)[C@@H](c1ccc2c(c1)CN(C(=O)c1c(C)c(C)cc(C)c1C)CC2)c1ccc2c(nnn2CC)c1C.CCC(C(=O)OC)[C@@H](c1ccc2c(c1)CN(C(=O)c1c(C)c(C)cc(C)c1C)CC2)c1ccc2c(nnn2CC)c1C. The van der Waals surface area contributed by atoms with Crippen molar-refractivity contribution in [3.05, 3.63) is 184 Å². The van der Waals surface area contributed by atoms with Crippen molar-refractivity contribution >= 4 is 45.8 Å². The maximum atomic E-state index is 13.9. The molecule has 2 aliphatic heterocycles. The number of benzene rings is 6. The van der Waals surface area contributed by atoms with Gasteiger partial charge in [-0.15, -0.1) is 10.2 Å². The van der Waals surface area contributed by atoms with Crippen molar-refractivity contribution in [2.24, 2.45) is 11.8 Å². The van der Waals surface area contributed by atoms with Gasteiger partial charge >= 0.3 is 11.9 Å². The van der Waals surface area contributed by atoms with E-state index in [4.69, 9.17) is 4.74 Å². The van der Waals surface area contributed by atoms with Crippen molar-refractivity contribution in [2.75, 3.05) is 20.2 Å². The smallest absolute Gasteiger partial charge is 0.309 e. The number of aromatic nitrogens is 6. The Kier molecular flexibility index (Phi) is 17.6. The van der Waals surface area contributed by atoms with Gasteiger partial charge in [-0.25, -0.2) is 9.36 Å². The molecule has 4 heterocycles. The van der Waals surface area contributed by atoms with Crippen molar-refractivity contribution in [1.82, 2.24) is 39.8 Å². The van der Waals surface area contributed by atoms with Crippen LogP contribution < -0.4 is 0 Å². The number of hydrogen-bond acceptors (Lipinski definition) is 9. The maximum absolute atomic E-state index is 13.9. The Morgan fingerprint density at radius 2 is 0.892 bits per heavy atom. The lowest BCUT2D eigenvalue weighted by Crippen LogP contribution is -2.37. The van der Waals surface area contributed by atoms with Gasteiger partial charge in [-0.3, -0.25) is 19.2 Å². The number of hydrogen-bond donors (Lipinski definition) is 1. The second-order valence-electron chi connectivity index (χ2n) is 23.2. The topological polar surface area (TPSA) is 166 Å². The fraction of sp³-hybridized carbons (Fsp3) is 0.420. The predicted molar refractivity (Wildman–Crippen MR) is 327 cm³/mol. The van der Waals surface area contributed by atoms with Gasteiger partial charge in [-0.2, -0.15) is 0 Å². The van der Waals surface area contributed by atoms with E-state index in [9.17, 15) is 24.3 Å². The molecular formula is C69H82N8O6. The number of ether oxygens (including phenoxy) is 1. The van der Waals surface area contributed by atoms with Gasteiger partial charge in [0.05, 0.1) is 30.0 Å². The number of methoxy groups -OCH3 is 1. The number of amides is 2. The number of aryl methyl sites for hydroxylation is 8. The minimum Gasteiger partial charge on any atom is -0.481 e. The largest absolute Gasteiger partial charge is 0.481 e. The van der Waals surface area contributed by atoms with Crippen LogP contribution in [0.2, 0.25) is 0 Å². The molecule has 2 unspecified atom stereocenters. The highest BCUT2D eigenvalue weighted by Gasteiger charge is 2.36. The summed E-state index contributed by atoms with van der Waals surface area (Å²) in [5.74, 6) is -2.44. The Morgan fingerprint density at radius 1 is 0.506 bits per heavy atom. The molecule has 0 fully saturated rings. The van der Waals surface area contributed by atoms with Crippen LogP contribution in [0.15, 0.2) is 72.8 Å². The van der Waals surface area contributed by atoms with Crippen molar-refractivity contribution < 1.29 is 29.0 Å². The van der Waals surface area contributed by atoms with Crippen LogP contribution in [-0.2, 0) is 53.3 Å². The van der Waals surface area contributed by atoms with Crippen LogP contribution in [0.3, 0.4) is 0 Å². The molecule has 2 amide bonds. The Hall–Kier alpha value is -8.00. The van der Waals surface area contributed by atoms with Crippen LogP contribution in [0, 0.1) is 81.1 Å². The average molecular weight is 1120 g/mol. The molecular weight excluding hydrogens is 1040 g/mol. The Morgan fingerprint density at radius 3 is 1.24 bits per heavy atom. The first-order valence-electron chi connectivity index (χ1n) is 29.6. The molecule has 14 nitrogen and oxygen atoms in total. The number of fused-ring (bicyclic) bond motifs is 4. The zero-order chi connectivity index (χ0) is 59.9. The standard InChI is InChI=1S/C35H42N4O3.C34H40N4O3/c1-9-28(35(41)42-8)32(29-13-14-30-33(24(29)7)36-37-39(30)10-2)26-12-11-25-15-16-38(19-27(25)18-26)34(40)31-22(5)20(3)17-21(4)23(31)6;1-8-27(34(40)41)31(28-12-13-29-32(23(28)7)35-36-38(29)9-2)25-11-10-24-14-15-37(18-26(24)17-25)33(39)30-21(5)19(3)16-20(4)22(30)6/h11-14,17-18,28,32H,9-10,15-16,19H2,1-8H3;10-13,16-17,27,31H,8-9,14-15,18H2,1-7H3,(H,40,41)/t28?,32-;27?,31-/m11/s1. The molecule has 0 bridgehead atoms. The van der Waals surface area contributed by atoms with E-state index in [1.54, 1.807) is 0 Å². The number of carboxylic acid groups (broad SMARTS) is 1. The van der Waals surface area contributed by atoms with E-state index in [1.807, 2.05) is 86.7 Å². The van der Waals surface area contributed by atoms with Gasteiger partial charge in [-0.05, 0) is 221 Å². The Labute approximate surface area is 489 Å². The number of rotatable bonds is 14. The molecule has 0 spiro atoms. The summed E-state index contributed by atoms with van der Waals surface area (Å²) in [7, 11) is 1.46. The fourth-order valence-corrected chi connectivity index (χ4v) is 13.3. The third-order valence-corrected chi connectivity index (χ3v) is 18.7. The average Bonchev–Trinajstić information content (AvgIpc) is 4.07. The molecule has 0 radical (unpaired) electrons. The molecule has 2 aliphatic rings. The van der Waals surface area contributed by atoms with Gasteiger partial charge in [0.1, 0.15) is 11.0 Å². The second kappa shape index (κ2) is 24.4. The molecule has 0 saturated carbocycles. The molecule has 8 aromatic rings. The Balaban J connectivity index is 0.000000200. The molecule has 83 heavy (non-hydrogen) atoms. The molecule has 1 N–H and O–H groups in total. The fourth-order valence-electron chi connectivity index (χ4n) is 13.3. The van der Waals surface area contributed by atoms with E-state index < -0.39 is 11.9 Å². The summed E-state index contributed by atoms with van der Waals surface area (Å²) in [6.07, 6.45) is 2.69. The summed E-state index contributed by atoms with van der Waals surface area (Å²) in [6, 6.07) is 25.4. The number of carbonyl (C=O) groups is 4. The maximum Gasteiger partial charge on any atom is 0.309 e. The highest BCUT2D eigenvalue weighted by Crippen LogP contribution is 2.42. The lowest BCUT2D eigenvalue weighted by molar-refractivity contribution is -0.146. The molecule has 0 aliphatic carbocycles. The van der Waals surface area contributed by atoms with Crippen molar-refractivity contribution in [3.8, 4) is 0 Å². The molecule has 434 valence electrons. The number of carboxylic acids is 1. The first-order chi connectivity index (χ1) is 39.7. The third-order valence-electron chi connectivity index (χ3n) is 18.7. The van der Waals surface area contributed by atoms with Crippen LogP contribution in [0.25, 0.3) is 22.1 Å². The van der Waals surface area contributed by atoms with Gasteiger partial charge in [0, 0.05) is 62.2 Å². The minimum atomic E-state index is -0.815. The van der Waals surface area contributed by atoms with Crippen molar-refractivity contribution in [2.45, 2.75) is 161 Å². The van der Waals surface area contributed by atoms with E-state index in [0.29, 0.717) is 45.6 Å². The third kappa shape index (κ3) is 11.1. The van der Waals surface area contributed by atoms with E-state index in [-0.39, 0.29) is 35.5 Å². The van der Waals surface area contributed by atoms with Crippen LogP contribution >= 0.6 is 0 Å². The van der Waals surface area contributed by atoms with Gasteiger partial charge in [0.15, 0.2) is 0 Å². The monoisotopic (exact) mass is 1120 g/mol. The summed E-state index contributed by atoms with van der Waals surface area (Å²) >= 11 is 0. The van der Waals surface area contributed by atoms with Crippen molar-refractivity contribution in [3.63, 3.8) is 0 Å². The number of aliphatic carboxylic acids is 1. The molecule has 10 rings (SSSR count). The summed E-state index contributed by atoms with van der Waals surface area (Å²) in [4.78, 5) is 57.4. The predicted octanol–water partition coefficient (Wildman–Crippen LogP) is 13.0. The van der Waals surface area contributed by atoms with E-state index in [2.05, 4.69) is 123 Å². The summed E-state index contributed by atoms with van der Waals surface area (Å²) in [6.45, 7) is 32.4. The van der Waals surface area contributed by atoms with Crippen LogP contribution in [0.5, 0.6) is 0 Å². The highest BCUT2D eigenvalue weighted by atomic mass is 16.5. The van der Waals surface area contributed by atoms with E-state index in [1.165, 1.54) is 18.2 Å². The number of esters is 1. The van der Waals surface area contributed by atoms with Gasteiger partial charge in [0.25, 0.3) is 11.8 Å². The van der Waals surface area contributed by atoms with Gasteiger partial charge in [0.2, 0.25) is 0 Å². The zero-order valence-electron chi connectivity index (χ0n) is 51.4. The van der Waals surface area contributed by atoms with Gasteiger partial charge in [-0.1, -0.05) is 84.9 Å². The molecule has 2 aromatic heterocycles. The lowest BCUT2D eigenvalue weighted by atomic mass is 9.76. The van der Waals surface area contributed by atoms with Crippen LogP contribution in [0.1, 0.15) is 173 Å². The molecule has 6 aromatic carbocycles. The van der Waals surface area contributed by atoms with Crippen LogP contribution in [-0.4, -0.2) is 88.8 Å². The first-order valence-corrected chi connectivity index (χ1v) is 29.6. The van der Waals surface area contributed by atoms with E-state index in [0.717, 1.165) is 142 Å². The zero-order valence-corrected chi connectivity index (χ0v) is 51.4. The normalized spacial score (nSPS) is 14.6. The lowest BCUT2D eigenvalue weighted by Gasteiger charge is -2.32. The van der Waals surface area contributed by atoms with E-state index >= 15 is 0 Å². The summed E-state index contributed by atoms with van der Waals surface area (Å²) in [5, 5.41) is 27.8. The first kappa shape index (κ1) is 59.6. The summed E-state index contributed by atoms with van der Waals surface area (Å²) in [5.41, 5.74) is 24.6. The quantitative estimate of drug-likeness (QED) is 0.104. The Bertz CT molecular complexity index is 3800. The minimum absolute atomic E-state index is 0.0664. The van der Waals surface area contributed by atoms with Crippen LogP contribution in [0.4, 0.5) is 0 Å². The summed E-state index contributed by atoms with van der Waals surface area (Å²) < 4.78 is 9.06. The van der Waals surface area contributed by atoms with Crippen molar-refractivity contribution in [1.29, 1.82) is 0 Å². The number of carbonyl (C=O) groups excluding carboxylic acids is 3. The number of nitrogens with zero attached hydrogens (tertiary/aromatic N) is 8.